The van der Waals surface area contributed by atoms with E-state index in [0.717, 1.165) is 0 Å². The van der Waals surface area contributed by atoms with Gasteiger partial charge in [0.1, 0.15) is 0 Å². The summed E-state index contributed by atoms with van der Waals surface area (Å²) in [6.45, 7) is 0. The first kappa shape index (κ1) is 39.8. The van der Waals surface area contributed by atoms with Crippen molar-refractivity contribution in [3.8, 4) is 33.4 Å². The number of rotatable bonds is 11. The highest BCUT2D eigenvalue weighted by atomic mass is 14.2. The van der Waals surface area contributed by atoms with E-state index in [1.165, 1.54) is 100 Å². The summed E-state index contributed by atoms with van der Waals surface area (Å²) in [6.07, 6.45) is 0. The molecule has 0 heterocycles. The maximum atomic E-state index is 2.35. The predicted octanol–water partition coefficient (Wildman–Crippen LogP) is 16.7. The fourth-order valence-electron chi connectivity index (χ4n) is 8.92. The molecular weight excluding hydrogens is 769 g/mol. The Hall–Kier alpha value is -8.32. The molecule has 0 N–H and O–H groups in total. The SMILES string of the molecule is c1ccc(C(=C(c2ccccc2)c2cccc(-c3cccc(-c4cccc(-c5cccc(C(=C(c6ccccc6)c6ccccc6)c6ccccc6)c5)c4)c3)c2)c2ccccc2)cc1. The third-order valence-electron chi connectivity index (χ3n) is 11.9. The van der Waals surface area contributed by atoms with E-state index in [9.17, 15) is 0 Å². The number of hydrogen-bond donors (Lipinski definition) is 0. The fourth-order valence-corrected chi connectivity index (χ4v) is 8.92. The van der Waals surface area contributed by atoms with Crippen LogP contribution in [0.5, 0.6) is 0 Å². The molecule has 0 saturated heterocycles. The minimum atomic E-state index is 1.17. The number of benzene rings is 10. The average Bonchev–Trinajstić information content (AvgIpc) is 3.39. The molecule has 0 radical (unpaired) electrons. The summed E-state index contributed by atoms with van der Waals surface area (Å²) in [5.74, 6) is 0. The highest BCUT2D eigenvalue weighted by Crippen LogP contribution is 2.40. The van der Waals surface area contributed by atoms with Crippen LogP contribution in [0.25, 0.3) is 55.7 Å². The summed E-state index contributed by atoms with van der Waals surface area (Å²) >= 11 is 0. The van der Waals surface area contributed by atoms with Crippen molar-refractivity contribution in [1.29, 1.82) is 0 Å². The standard InChI is InChI=1S/C64H46/c1-7-23-47(24-8-1)61(48-25-9-2-10-26-48)63(51-31-15-5-16-32-51)59-41-21-39-57(45-59)55-37-19-35-53(43-55)54-36-20-38-56(44-54)58-40-22-42-60(46-58)64(52-33-17-6-18-34-52)62(49-27-11-3-12-28-49)50-29-13-4-14-30-50/h1-46H. The lowest BCUT2D eigenvalue weighted by molar-refractivity contribution is 1.49. The highest BCUT2D eigenvalue weighted by Gasteiger charge is 2.19. The number of hydrogen-bond acceptors (Lipinski definition) is 0. The lowest BCUT2D eigenvalue weighted by Gasteiger charge is -2.19. The van der Waals surface area contributed by atoms with Crippen molar-refractivity contribution in [2.75, 3.05) is 0 Å². The Bertz CT molecular complexity index is 2890. The van der Waals surface area contributed by atoms with Gasteiger partial charge in [-0.1, -0.05) is 255 Å². The zero-order valence-corrected chi connectivity index (χ0v) is 35.6. The van der Waals surface area contributed by atoms with Gasteiger partial charge in [0.15, 0.2) is 0 Å². The lowest BCUT2D eigenvalue weighted by atomic mass is 9.85. The molecule has 0 aliphatic heterocycles. The van der Waals surface area contributed by atoms with Gasteiger partial charge >= 0.3 is 0 Å². The fraction of sp³-hybridized carbons (Fsp3) is 0. The van der Waals surface area contributed by atoms with Crippen molar-refractivity contribution in [2.45, 2.75) is 0 Å². The topological polar surface area (TPSA) is 0 Å². The van der Waals surface area contributed by atoms with Gasteiger partial charge in [0.2, 0.25) is 0 Å². The summed E-state index contributed by atoms with van der Waals surface area (Å²) in [7, 11) is 0. The normalized spacial score (nSPS) is 10.8. The van der Waals surface area contributed by atoms with E-state index in [1.807, 2.05) is 0 Å². The predicted molar refractivity (Wildman–Crippen MR) is 271 cm³/mol. The maximum Gasteiger partial charge on any atom is -0.00266 e. The Morgan fingerprint density at radius 2 is 0.312 bits per heavy atom. The van der Waals surface area contributed by atoms with Gasteiger partial charge < -0.3 is 0 Å². The molecule has 0 aliphatic carbocycles. The molecule has 10 aromatic carbocycles. The monoisotopic (exact) mass is 814 g/mol. The minimum absolute atomic E-state index is 1.17. The third kappa shape index (κ3) is 8.59. The van der Waals surface area contributed by atoms with Crippen molar-refractivity contribution in [2.24, 2.45) is 0 Å². The average molecular weight is 815 g/mol. The highest BCUT2D eigenvalue weighted by molar-refractivity contribution is 6.06. The van der Waals surface area contributed by atoms with Crippen LogP contribution in [0.1, 0.15) is 44.5 Å². The molecule has 0 atom stereocenters. The Labute approximate surface area is 377 Å². The molecule has 0 spiro atoms. The van der Waals surface area contributed by atoms with Crippen LogP contribution < -0.4 is 0 Å². The first-order valence-electron chi connectivity index (χ1n) is 22.0. The molecule has 10 rings (SSSR count). The Balaban J connectivity index is 1.05. The molecular formula is C64H46. The van der Waals surface area contributed by atoms with E-state index in [0.29, 0.717) is 0 Å². The van der Waals surface area contributed by atoms with Crippen molar-refractivity contribution in [1.82, 2.24) is 0 Å². The molecule has 0 heteroatoms. The summed E-state index contributed by atoms with van der Waals surface area (Å²) in [5, 5.41) is 0. The zero-order valence-electron chi connectivity index (χ0n) is 35.6. The summed E-state index contributed by atoms with van der Waals surface area (Å²) in [4.78, 5) is 0. The summed E-state index contributed by atoms with van der Waals surface area (Å²) in [6, 6.07) is 101. The third-order valence-corrected chi connectivity index (χ3v) is 11.9. The first-order valence-corrected chi connectivity index (χ1v) is 22.0. The minimum Gasteiger partial charge on any atom is -0.0622 e. The van der Waals surface area contributed by atoms with Gasteiger partial charge in [-0.2, -0.15) is 0 Å². The van der Waals surface area contributed by atoms with Gasteiger partial charge in [-0.3, -0.25) is 0 Å². The molecule has 64 heavy (non-hydrogen) atoms. The second kappa shape index (κ2) is 18.7. The largest absolute Gasteiger partial charge is 0.0622 e. The Kier molecular flexibility index (Phi) is 11.7. The molecule has 302 valence electrons. The summed E-state index contributed by atoms with van der Waals surface area (Å²) in [5.41, 5.74) is 21.3. The van der Waals surface area contributed by atoms with Gasteiger partial charge in [-0.25, -0.2) is 0 Å². The molecule has 0 saturated carbocycles. The smallest absolute Gasteiger partial charge is 0.00266 e. The van der Waals surface area contributed by atoms with Crippen LogP contribution in [-0.2, 0) is 0 Å². The van der Waals surface area contributed by atoms with Gasteiger partial charge in [-0.05, 0) is 124 Å². The molecule has 0 fully saturated rings. The molecule has 0 unspecified atom stereocenters. The van der Waals surface area contributed by atoms with Crippen molar-refractivity contribution >= 4 is 22.3 Å². The van der Waals surface area contributed by atoms with Crippen molar-refractivity contribution in [3.63, 3.8) is 0 Å². The van der Waals surface area contributed by atoms with Crippen LogP contribution >= 0.6 is 0 Å². The second-order valence-electron chi connectivity index (χ2n) is 16.0. The van der Waals surface area contributed by atoms with Gasteiger partial charge in [0, 0.05) is 0 Å². The Morgan fingerprint density at radius 1 is 0.141 bits per heavy atom. The maximum absolute atomic E-state index is 2.35. The first-order chi connectivity index (χ1) is 31.8. The van der Waals surface area contributed by atoms with Gasteiger partial charge in [-0.15, -0.1) is 0 Å². The van der Waals surface area contributed by atoms with E-state index in [4.69, 9.17) is 0 Å². The molecule has 10 aromatic rings. The summed E-state index contributed by atoms with van der Waals surface area (Å²) < 4.78 is 0. The van der Waals surface area contributed by atoms with Crippen LogP contribution in [0, 0.1) is 0 Å². The van der Waals surface area contributed by atoms with Crippen molar-refractivity contribution < 1.29 is 0 Å². The molecule has 0 nitrogen and oxygen atoms in total. The molecule has 0 aromatic heterocycles. The van der Waals surface area contributed by atoms with Gasteiger partial charge in [0.05, 0.1) is 0 Å². The van der Waals surface area contributed by atoms with Crippen LogP contribution in [0.2, 0.25) is 0 Å². The van der Waals surface area contributed by atoms with E-state index in [2.05, 4.69) is 279 Å². The van der Waals surface area contributed by atoms with Crippen molar-refractivity contribution in [3.05, 3.63) is 324 Å². The lowest BCUT2D eigenvalue weighted by Crippen LogP contribution is -1.98. The van der Waals surface area contributed by atoms with E-state index >= 15 is 0 Å². The molecule has 0 bridgehead atoms. The second-order valence-corrected chi connectivity index (χ2v) is 16.0. The zero-order chi connectivity index (χ0) is 42.9. The van der Waals surface area contributed by atoms with Crippen LogP contribution in [0.3, 0.4) is 0 Å². The van der Waals surface area contributed by atoms with E-state index in [-0.39, 0.29) is 0 Å². The van der Waals surface area contributed by atoms with Crippen LogP contribution in [0.15, 0.2) is 279 Å². The van der Waals surface area contributed by atoms with E-state index in [1.54, 1.807) is 0 Å². The Morgan fingerprint density at radius 3 is 0.547 bits per heavy atom. The molecule has 0 amide bonds. The quantitative estimate of drug-likeness (QED) is 0.114. The van der Waals surface area contributed by atoms with Gasteiger partial charge in [0.25, 0.3) is 0 Å². The molecule has 0 aliphatic rings. The van der Waals surface area contributed by atoms with Crippen LogP contribution in [-0.4, -0.2) is 0 Å². The van der Waals surface area contributed by atoms with E-state index < -0.39 is 0 Å². The van der Waals surface area contributed by atoms with Crippen LogP contribution in [0.4, 0.5) is 0 Å².